The number of hydrogen-bond donors (Lipinski definition) is 1. The topological polar surface area (TPSA) is 54.9 Å². The number of carbonyl (C=O) groups excluding carboxylic acids is 1. The van der Waals surface area contributed by atoms with Crippen LogP contribution in [0.4, 0.5) is 5.13 Å². The molecule has 0 aliphatic carbocycles. The molecule has 6 heteroatoms. The zero-order chi connectivity index (χ0) is 14.7. The van der Waals surface area contributed by atoms with E-state index in [2.05, 4.69) is 34.6 Å². The molecule has 3 rings (SSSR count). The van der Waals surface area contributed by atoms with Crippen LogP contribution in [0.15, 0.2) is 29.2 Å². The van der Waals surface area contributed by atoms with Gasteiger partial charge in [0.05, 0.1) is 5.25 Å². The fraction of sp³-hybridized carbons (Fsp3) is 0.400. The highest BCUT2D eigenvalue weighted by molar-refractivity contribution is 8.01. The van der Waals surface area contributed by atoms with Gasteiger partial charge >= 0.3 is 0 Å². The Morgan fingerprint density at radius 1 is 1.38 bits per heavy atom. The molecule has 1 atom stereocenters. The van der Waals surface area contributed by atoms with Crippen LogP contribution < -0.4 is 5.32 Å². The monoisotopic (exact) mass is 319 g/mol. The van der Waals surface area contributed by atoms with Crippen molar-refractivity contribution in [2.24, 2.45) is 0 Å². The average molecular weight is 319 g/mol. The number of fused-ring (bicyclic) bond motifs is 1. The lowest BCUT2D eigenvalue weighted by atomic mass is 10.1. The number of aryl methyl sites for hydroxylation is 1. The Balaban J connectivity index is 1.59. The molecular formula is C15H17N3OS2. The van der Waals surface area contributed by atoms with Crippen LogP contribution in [0, 0.1) is 0 Å². The lowest BCUT2D eigenvalue weighted by Gasteiger charge is -2.06. The van der Waals surface area contributed by atoms with Gasteiger partial charge in [-0.05, 0) is 24.5 Å². The molecule has 4 nitrogen and oxygen atoms in total. The third-order valence-electron chi connectivity index (χ3n) is 3.38. The second-order valence-corrected chi connectivity index (χ2v) is 7.32. The predicted octanol–water partition coefficient (Wildman–Crippen LogP) is 3.54. The first-order valence-corrected chi connectivity index (χ1v) is 8.83. The summed E-state index contributed by atoms with van der Waals surface area (Å²) in [5, 5.41) is 12.6. The molecule has 1 N–H and O–H groups in total. The lowest BCUT2D eigenvalue weighted by Crippen LogP contribution is -2.24. The summed E-state index contributed by atoms with van der Waals surface area (Å²) in [6.07, 6.45) is 3.97. The smallest absolute Gasteiger partial charge is 0.240 e. The maximum Gasteiger partial charge on any atom is 0.240 e. The predicted molar refractivity (Wildman–Crippen MR) is 86.9 cm³/mol. The minimum absolute atomic E-state index is 0.0226. The summed E-state index contributed by atoms with van der Waals surface area (Å²) in [6.45, 7) is 2.15. The molecule has 1 aliphatic rings. The molecule has 1 amide bonds. The van der Waals surface area contributed by atoms with E-state index in [4.69, 9.17) is 0 Å². The van der Waals surface area contributed by atoms with Crippen molar-refractivity contribution in [1.29, 1.82) is 0 Å². The molecule has 21 heavy (non-hydrogen) atoms. The van der Waals surface area contributed by atoms with E-state index < -0.39 is 0 Å². The van der Waals surface area contributed by atoms with Gasteiger partial charge in [0.2, 0.25) is 11.0 Å². The van der Waals surface area contributed by atoms with Gasteiger partial charge in [0, 0.05) is 11.3 Å². The standard InChI is InChI=1S/C15H17N3OS2/c1-2-3-8-13-17-18-15(21-13)16-14(19)12-9-10-6-4-5-7-11(10)20-12/h4-7,12H,2-3,8-9H2,1H3,(H,16,18,19)/t12-/m0/s1. The van der Waals surface area contributed by atoms with Gasteiger partial charge < -0.3 is 0 Å². The summed E-state index contributed by atoms with van der Waals surface area (Å²) in [6, 6.07) is 8.19. The van der Waals surface area contributed by atoms with Gasteiger partial charge in [-0.15, -0.1) is 22.0 Å². The molecular weight excluding hydrogens is 302 g/mol. The summed E-state index contributed by atoms with van der Waals surface area (Å²) in [5.41, 5.74) is 1.25. The molecule has 110 valence electrons. The van der Waals surface area contributed by atoms with Gasteiger partial charge in [0.1, 0.15) is 5.01 Å². The quantitative estimate of drug-likeness (QED) is 0.916. The number of nitrogens with zero attached hydrogens (tertiary/aromatic N) is 2. The van der Waals surface area contributed by atoms with Crippen LogP contribution in [-0.2, 0) is 17.6 Å². The van der Waals surface area contributed by atoms with E-state index in [1.54, 1.807) is 11.8 Å². The summed E-state index contributed by atoms with van der Waals surface area (Å²) in [5.74, 6) is 0.0226. The average Bonchev–Trinajstić information content (AvgIpc) is 3.11. The maximum absolute atomic E-state index is 12.3. The van der Waals surface area contributed by atoms with Crippen molar-refractivity contribution >= 4 is 34.1 Å². The van der Waals surface area contributed by atoms with E-state index >= 15 is 0 Å². The van der Waals surface area contributed by atoms with Crippen LogP contribution in [0.25, 0.3) is 0 Å². The van der Waals surface area contributed by atoms with Gasteiger partial charge in [0.15, 0.2) is 0 Å². The minimum atomic E-state index is -0.0645. The van der Waals surface area contributed by atoms with E-state index in [0.29, 0.717) is 5.13 Å². The number of nitrogens with one attached hydrogen (secondary N) is 1. The number of benzene rings is 1. The first-order valence-electron chi connectivity index (χ1n) is 7.14. The molecule has 0 saturated carbocycles. The Kier molecular flexibility index (Phi) is 4.55. The Morgan fingerprint density at radius 3 is 3.05 bits per heavy atom. The van der Waals surface area contributed by atoms with Crippen LogP contribution in [0.1, 0.15) is 30.3 Å². The van der Waals surface area contributed by atoms with Gasteiger partial charge in [-0.1, -0.05) is 42.9 Å². The minimum Gasteiger partial charge on any atom is -0.300 e. The summed E-state index contributed by atoms with van der Waals surface area (Å²) in [7, 11) is 0. The number of amides is 1. The Labute approximate surface area is 132 Å². The van der Waals surface area contributed by atoms with Gasteiger partial charge in [-0.3, -0.25) is 10.1 Å². The normalized spacial score (nSPS) is 16.7. The molecule has 1 aliphatic heterocycles. The summed E-state index contributed by atoms with van der Waals surface area (Å²) < 4.78 is 0. The van der Waals surface area contributed by atoms with Crippen molar-refractivity contribution in [3.05, 3.63) is 34.8 Å². The highest BCUT2D eigenvalue weighted by Crippen LogP contribution is 2.37. The van der Waals surface area contributed by atoms with Crippen LogP contribution in [0.5, 0.6) is 0 Å². The molecule has 0 bridgehead atoms. The van der Waals surface area contributed by atoms with Crippen LogP contribution in [0.3, 0.4) is 0 Å². The van der Waals surface area contributed by atoms with Crippen molar-refractivity contribution in [3.63, 3.8) is 0 Å². The van der Waals surface area contributed by atoms with E-state index in [1.165, 1.54) is 21.8 Å². The Hall–Kier alpha value is -1.40. The number of thioether (sulfide) groups is 1. The fourth-order valence-corrected chi connectivity index (χ4v) is 4.23. The first-order chi connectivity index (χ1) is 10.3. The number of hydrogen-bond acceptors (Lipinski definition) is 5. The van der Waals surface area contributed by atoms with Crippen LogP contribution >= 0.6 is 23.1 Å². The van der Waals surface area contributed by atoms with Gasteiger partial charge in [-0.2, -0.15) is 0 Å². The van der Waals surface area contributed by atoms with Crippen molar-refractivity contribution in [2.45, 2.75) is 42.8 Å². The SMILES string of the molecule is CCCCc1nnc(NC(=O)[C@@H]2Cc3ccccc3S2)s1. The Morgan fingerprint density at radius 2 is 2.24 bits per heavy atom. The molecule has 0 saturated heterocycles. The second-order valence-electron chi connectivity index (χ2n) is 5.01. The molecule has 2 heterocycles. The highest BCUT2D eigenvalue weighted by Gasteiger charge is 2.28. The first kappa shape index (κ1) is 14.5. The van der Waals surface area contributed by atoms with Crippen molar-refractivity contribution in [3.8, 4) is 0 Å². The molecule has 1 aromatic heterocycles. The second kappa shape index (κ2) is 6.58. The van der Waals surface area contributed by atoms with E-state index in [0.717, 1.165) is 30.7 Å². The zero-order valence-corrected chi connectivity index (χ0v) is 13.5. The molecule has 0 fully saturated rings. The summed E-state index contributed by atoms with van der Waals surface area (Å²) in [4.78, 5) is 13.5. The van der Waals surface area contributed by atoms with Crippen molar-refractivity contribution in [2.75, 3.05) is 5.32 Å². The maximum atomic E-state index is 12.3. The van der Waals surface area contributed by atoms with Gasteiger partial charge in [0.25, 0.3) is 0 Å². The fourth-order valence-electron chi connectivity index (χ4n) is 2.25. The van der Waals surface area contributed by atoms with E-state index in [1.807, 2.05) is 12.1 Å². The number of rotatable bonds is 5. The van der Waals surface area contributed by atoms with E-state index in [-0.39, 0.29) is 11.2 Å². The zero-order valence-electron chi connectivity index (χ0n) is 11.8. The Bertz CT molecular complexity index is 616. The number of aromatic nitrogens is 2. The van der Waals surface area contributed by atoms with Crippen molar-refractivity contribution < 1.29 is 4.79 Å². The number of anilines is 1. The molecule has 0 unspecified atom stereocenters. The molecule has 1 aromatic carbocycles. The van der Waals surface area contributed by atoms with Crippen LogP contribution in [0.2, 0.25) is 0 Å². The molecule has 2 aromatic rings. The largest absolute Gasteiger partial charge is 0.300 e. The third kappa shape index (κ3) is 3.44. The lowest BCUT2D eigenvalue weighted by molar-refractivity contribution is -0.115. The molecule has 0 radical (unpaired) electrons. The van der Waals surface area contributed by atoms with Gasteiger partial charge in [-0.25, -0.2) is 0 Å². The van der Waals surface area contributed by atoms with E-state index in [9.17, 15) is 4.79 Å². The highest BCUT2D eigenvalue weighted by atomic mass is 32.2. The number of unbranched alkanes of at least 4 members (excludes halogenated alkanes) is 1. The third-order valence-corrected chi connectivity index (χ3v) is 5.60. The number of carbonyl (C=O) groups is 1. The summed E-state index contributed by atoms with van der Waals surface area (Å²) >= 11 is 3.11. The van der Waals surface area contributed by atoms with Crippen molar-refractivity contribution in [1.82, 2.24) is 10.2 Å². The van der Waals surface area contributed by atoms with Crippen LogP contribution in [-0.4, -0.2) is 21.4 Å². The molecule has 0 spiro atoms.